The molecule has 4 heterocycles. The van der Waals surface area contributed by atoms with E-state index in [1.807, 2.05) is 46.8 Å². The van der Waals surface area contributed by atoms with E-state index in [0.29, 0.717) is 35.3 Å². The zero-order valence-corrected chi connectivity index (χ0v) is 18.2. The fraction of sp³-hybridized carbons (Fsp3) is 0.227. The van der Waals surface area contributed by atoms with Crippen LogP contribution < -0.4 is 4.90 Å². The van der Waals surface area contributed by atoms with Gasteiger partial charge in [0.25, 0.3) is 5.91 Å². The minimum absolute atomic E-state index is 0.0884. The molecule has 3 aromatic heterocycles. The third-order valence-corrected chi connectivity index (χ3v) is 6.30. The van der Waals surface area contributed by atoms with E-state index >= 15 is 0 Å². The summed E-state index contributed by atoms with van der Waals surface area (Å²) in [5.74, 6) is 0.548. The molecular formula is C22H20ClN5O2S. The Hall–Kier alpha value is -3.10. The molecule has 0 bridgehead atoms. The standard InChI is InChI=1S/C22H20ClN5O2S/c23-16-4-1-5-17(14-16)28-19(20-6-2-12-30-20)15-18(25-28)21(29)26-8-3-9-27(11-10-26)22-24-7-13-31-22/h1-2,4-7,12-15H,3,8-11H2. The highest BCUT2D eigenvalue weighted by Crippen LogP contribution is 2.27. The Balaban J connectivity index is 1.43. The second-order valence-corrected chi connectivity index (χ2v) is 8.54. The van der Waals surface area contributed by atoms with Gasteiger partial charge in [-0.25, -0.2) is 9.67 Å². The molecule has 5 rings (SSSR count). The maximum absolute atomic E-state index is 13.3. The summed E-state index contributed by atoms with van der Waals surface area (Å²) in [5, 5.41) is 8.21. The second-order valence-electron chi connectivity index (χ2n) is 7.23. The molecule has 7 nitrogen and oxygen atoms in total. The molecule has 0 saturated carbocycles. The summed E-state index contributed by atoms with van der Waals surface area (Å²) in [4.78, 5) is 21.8. The topological polar surface area (TPSA) is 67.4 Å². The van der Waals surface area contributed by atoms with E-state index in [9.17, 15) is 4.79 Å². The van der Waals surface area contributed by atoms with E-state index in [1.54, 1.807) is 34.4 Å². The Kier molecular flexibility index (Phi) is 5.48. The number of nitrogens with zero attached hydrogens (tertiary/aromatic N) is 5. The zero-order chi connectivity index (χ0) is 21.2. The molecule has 0 N–H and O–H groups in total. The van der Waals surface area contributed by atoms with E-state index in [-0.39, 0.29) is 5.91 Å². The van der Waals surface area contributed by atoms with Gasteiger partial charge in [0.2, 0.25) is 0 Å². The van der Waals surface area contributed by atoms with Crippen LogP contribution in [0.2, 0.25) is 5.02 Å². The number of hydrogen-bond acceptors (Lipinski definition) is 6. The van der Waals surface area contributed by atoms with Crippen molar-refractivity contribution in [2.24, 2.45) is 0 Å². The summed E-state index contributed by atoms with van der Waals surface area (Å²) >= 11 is 7.81. The summed E-state index contributed by atoms with van der Waals surface area (Å²) in [6.45, 7) is 2.94. The van der Waals surface area contributed by atoms with Gasteiger partial charge in [-0.2, -0.15) is 5.10 Å². The van der Waals surface area contributed by atoms with Gasteiger partial charge in [-0.1, -0.05) is 17.7 Å². The quantitative estimate of drug-likeness (QED) is 0.452. The van der Waals surface area contributed by atoms with Gasteiger partial charge in [0, 0.05) is 48.8 Å². The molecule has 4 aromatic rings. The molecule has 0 atom stereocenters. The van der Waals surface area contributed by atoms with Crippen molar-refractivity contribution < 1.29 is 9.21 Å². The van der Waals surface area contributed by atoms with Crippen LogP contribution in [0.15, 0.2) is 64.7 Å². The minimum Gasteiger partial charge on any atom is -0.463 e. The summed E-state index contributed by atoms with van der Waals surface area (Å²) < 4.78 is 7.30. The lowest BCUT2D eigenvalue weighted by Gasteiger charge is -2.21. The maximum atomic E-state index is 13.3. The number of hydrogen-bond donors (Lipinski definition) is 0. The number of carbonyl (C=O) groups excluding carboxylic acids is 1. The van der Waals surface area contributed by atoms with Crippen molar-refractivity contribution in [2.45, 2.75) is 6.42 Å². The van der Waals surface area contributed by atoms with Crippen LogP contribution in [-0.2, 0) is 0 Å². The number of carbonyl (C=O) groups is 1. The molecule has 1 aliphatic heterocycles. The van der Waals surface area contributed by atoms with Crippen molar-refractivity contribution in [1.29, 1.82) is 0 Å². The van der Waals surface area contributed by atoms with Crippen LogP contribution in [0.25, 0.3) is 17.1 Å². The normalized spacial score (nSPS) is 14.6. The lowest BCUT2D eigenvalue weighted by atomic mass is 10.2. The Labute approximate surface area is 188 Å². The average Bonchev–Trinajstić information content (AvgIpc) is 3.53. The maximum Gasteiger partial charge on any atom is 0.274 e. The molecule has 0 radical (unpaired) electrons. The first-order valence-electron chi connectivity index (χ1n) is 10.0. The van der Waals surface area contributed by atoms with E-state index in [0.717, 1.165) is 30.3 Å². The van der Waals surface area contributed by atoms with Crippen molar-refractivity contribution in [3.63, 3.8) is 0 Å². The molecule has 1 fully saturated rings. The molecule has 1 aromatic carbocycles. The van der Waals surface area contributed by atoms with Crippen molar-refractivity contribution in [3.05, 3.63) is 71.0 Å². The molecule has 0 spiro atoms. The first kappa shape index (κ1) is 19.8. The fourth-order valence-corrected chi connectivity index (χ4v) is 4.62. The Morgan fingerprint density at radius 1 is 1.10 bits per heavy atom. The first-order chi connectivity index (χ1) is 15.2. The van der Waals surface area contributed by atoms with Gasteiger partial charge < -0.3 is 14.2 Å². The molecule has 9 heteroatoms. The summed E-state index contributed by atoms with van der Waals surface area (Å²) in [6.07, 6.45) is 4.30. The SMILES string of the molecule is O=C(c1cc(-c2ccco2)n(-c2cccc(Cl)c2)n1)N1CCCN(c2nccs2)CC1. The highest BCUT2D eigenvalue weighted by Gasteiger charge is 2.25. The van der Waals surface area contributed by atoms with Crippen molar-refractivity contribution >= 4 is 34.0 Å². The number of anilines is 1. The molecule has 1 amide bonds. The van der Waals surface area contributed by atoms with Gasteiger partial charge in [0.1, 0.15) is 5.69 Å². The number of furan rings is 1. The molecule has 1 aliphatic rings. The molecule has 158 valence electrons. The van der Waals surface area contributed by atoms with Crippen LogP contribution in [0, 0.1) is 0 Å². The minimum atomic E-state index is -0.0884. The van der Waals surface area contributed by atoms with Gasteiger partial charge in [-0.05, 0) is 36.8 Å². The first-order valence-corrected chi connectivity index (χ1v) is 11.3. The Bertz CT molecular complexity index is 1170. The highest BCUT2D eigenvalue weighted by molar-refractivity contribution is 7.13. The van der Waals surface area contributed by atoms with Crippen molar-refractivity contribution in [3.8, 4) is 17.1 Å². The van der Waals surface area contributed by atoms with E-state index in [1.165, 1.54) is 0 Å². The van der Waals surface area contributed by atoms with Gasteiger partial charge in [0.15, 0.2) is 16.6 Å². The smallest absolute Gasteiger partial charge is 0.274 e. The third kappa shape index (κ3) is 4.08. The van der Waals surface area contributed by atoms with E-state index < -0.39 is 0 Å². The fourth-order valence-electron chi connectivity index (χ4n) is 3.74. The monoisotopic (exact) mass is 453 g/mol. The van der Waals surface area contributed by atoms with Crippen LogP contribution in [0.4, 0.5) is 5.13 Å². The van der Waals surface area contributed by atoms with Crippen LogP contribution >= 0.6 is 22.9 Å². The number of amides is 1. The van der Waals surface area contributed by atoms with Crippen molar-refractivity contribution in [2.75, 3.05) is 31.1 Å². The summed E-state index contributed by atoms with van der Waals surface area (Å²) in [6, 6.07) is 12.8. The van der Waals surface area contributed by atoms with Crippen LogP contribution in [0.5, 0.6) is 0 Å². The predicted molar refractivity (Wildman–Crippen MR) is 121 cm³/mol. The molecular weight excluding hydrogens is 434 g/mol. The van der Waals surface area contributed by atoms with Gasteiger partial charge in [0.05, 0.1) is 12.0 Å². The molecule has 1 saturated heterocycles. The van der Waals surface area contributed by atoms with Crippen molar-refractivity contribution in [1.82, 2.24) is 19.7 Å². The van der Waals surface area contributed by atoms with E-state index in [4.69, 9.17) is 16.0 Å². The zero-order valence-electron chi connectivity index (χ0n) is 16.6. The number of aromatic nitrogens is 3. The summed E-state index contributed by atoms with van der Waals surface area (Å²) in [7, 11) is 0. The molecule has 31 heavy (non-hydrogen) atoms. The Morgan fingerprint density at radius 3 is 2.81 bits per heavy atom. The largest absolute Gasteiger partial charge is 0.463 e. The lowest BCUT2D eigenvalue weighted by Crippen LogP contribution is -2.35. The van der Waals surface area contributed by atoms with Gasteiger partial charge in [-0.15, -0.1) is 11.3 Å². The number of halogens is 1. The van der Waals surface area contributed by atoms with E-state index in [2.05, 4.69) is 15.0 Å². The lowest BCUT2D eigenvalue weighted by molar-refractivity contribution is 0.0760. The third-order valence-electron chi connectivity index (χ3n) is 5.23. The van der Waals surface area contributed by atoms with Crippen LogP contribution in [0.3, 0.4) is 0 Å². The van der Waals surface area contributed by atoms with Gasteiger partial charge in [-0.3, -0.25) is 4.79 Å². The molecule has 0 unspecified atom stereocenters. The number of benzene rings is 1. The molecule has 0 aliphatic carbocycles. The summed E-state index contributed by atoms with van der Waals surface area (Å²) in [5.41, 5.74) is 1.85. The number of rotatable bonds is 4. The van der Waals surface area contributed by atoms with Crippen LogP contribution in [-0.4, -0.2) is 51.8 Å². The highest BCUT2D eigenvalue weighted by atomic mass is 35.5. The number of thiazole rings is 1. The Morgan fingerprint density at radius 2 is 2.03 bits per heavy atom. The second kappa shape index (κ2) is 8.56. The van der Waals surface area contributed by atoms with Gasteiger partial charge >= 0.3 is 0 Å². The van der Waals surface area contributed by atoms with Crippen LogP contribution in [0.1, 0.15) is 16.9 Å². The predicted octanol–water partition coefficient (Wildman–Crippen LogP) is 4.59. The average molecular weight is 454 g/mol.